The van der Waals surface area contributed by atoms with E-state index in [0.29, 0.717) is 44.5 Å². The number of benzene rings is 3. The number of nitrogens with one attached hydrogen (secondary N) is 1. The van der Waals surface area contributed by atoms with Crippen LogP contribution >= 0.6 is 0 Å². The minimum absolute atomic E-state index is 0.00587. The van der Waals surface area contributed by atoms with Gasteiger partial charge in [-0.15, -0.1) is 0 Å². The fraction of sp³-hybridized carbons (Fsp3) is 0.353. The Kier molecular flexibility index (Phi) is 9.20. The molecule has 2 amide bonds. The molecular formula is C34H36F3N3O3. The van der Waals surface area contributed by atoms with Gasteiger partial charge in [0.25, 0.3) is 5.91 Å². The van der Waals surface area contributed by atoms with E-state index in [4.69, 9.17) is 4.74 Å². The SMILES string of the molecule is CC(=O)N1C[C@H]2CC(c3cccc(CC(C)Oc4c(F)ccc(F)c4F)c3)=C(C(=O)N(C)CCc3ccccc3)[C@@H](C1)N2. The molecule has 1 saturated heterocycles. The molecule has 0 radical (unpaired) electrons. The van der Waals surface area contributed by atoms with E-state index in [1.165, 1.54) is 0 Å². The van der Waals surface area contributed by atoms with Gasteiger partial charge in [-0.3, -0.25) is 9.59 Å². The van der Waals surface area contributed by atoms with Crippen LogP contribution in [0.1, 0.15) is 37.0 Å². The van der Waals surface area contributed by atoms with Gasteiger partial charge in [0, 0.05) is 51.6 Å². The molecule has 2 aliphatic rings. The predicted octanol–water partition coefficient (Wildman–Crippen LogP) is 5.16. The van der Waals surface area contributed by atoms with Crippen molar-refractivity contribution in [1.29, 1.82) is 0 Å². The molecule has 1 N–H and O–H groups in total. The molecule has 0 spiro atoms. The number of fused-ring (bicyclic) bond motifs is 2. The second-order valence-electron chi connectivity index (χ2n) is 11.4. The molecular weight excluding hydrogens is 555 g/mol. The molecule has 2 aliphatic heterocycles. The van der Waals surface area contributed by atoms with Crippen LogP contribution in [0.15, 0.2) is 72.3 Å². The van der Waals surface area contributed by atoms with E-state index in [2.05, 4.69) is 5.32 Å². The summed E-state index contributed by atoms with van der Waals surface area (Å²) in [4.78, 5) is 29.9. The summed E-state index contributed by atoms with van der Waals surface area (Å²) >= 11 is 0. The average Bonchev–Trinajstić information content (AvgIpc) is 3.00. The molecule has 3 aromatic rings. The first-order valence-corrected chi connectivity index (χ1v) is 14.5. The van der Waals surface area contributed by atoms with E-state index < -0.39 is 29.3 Å². The molecule has 2 bridgehead atoms. The fourth-order valence-corrected chi connectivity index (χ4v) is 5.95. The van der Waals surface area contributed by atoms with Gasteiger partial charge in [0.1, 0.15) is 6.10 Å². The van der Waals surface area contributed by atoms with Crippen LogP contribution in [0.5, 0.6) is 5.75 Å². The number of carbonyl (C=O) groups is 2. The molecule has 3 aromatic carbocycles. The average molecular weight is 592 g/mol. The minimum atomic E-state index is -1.36. The van der Waals surface area contributed by atoms with E-state index in [1.807, 2.05) is 54.6 Å². The zero-order valence-electron chi connectivity index (χ0n) is 24.6. The predicted molar refractivity (Wildman–Crippen MR) is 159 cm³/mol. The van der Waals surface area contributed by atoms with E-state index in [1.54, 1.807) is 30.7 Å². The van der Waals surface area contributed by atoms with Gasteiger partial charge >= 0.3 is 0 Å². The van der Waals surface area contributed by atoms with Crippen molar-refractivity contribution in [2.24, 2.45) is 0 Å². The van der Waals surface area contributed by atoms with E-state index in [9.17, 15) is 22.8 Å². The van der Waals surface area contributed by atoms with Crippen LogP contribution in [0, 0.1) is 17.5 Å². The monoisotopic (exact) mass is 591 g/mol. The van der Waals surface area contributed by atoms with E-state index in [-0.39, 0.29) is 23.9 Å². The first-order valence-electron chi connectivity index (χ1n) is 14.5. The summed E-state index contributed by atoms with van der Waals surface area (Å²) in [7, 11) is 1.80. The summed E-state index contributed by atoms with van der Waals surface area (Å²) in [5.74, 6) is -4.35. The number of piperazine rings is 1. The van der Waals surface area contributed by atoms with Crippen molar-refractivity contribution in [3.05, 3.63) is 106 Å². The molecule has 3 atom stereocenters. The largest absolute Gasteiger partial charge is 0.484 e. The molecule has 43 heavy (non-hydrogen) atoms. The third-order valence-electron chi connectivity index (χ3n) is 8.13. The molecule has 2 heterocycles. The number of hydrogen-bond donors (Lipinski definition) is 1. The normalized spacial score (nSPS) is 18.8. The highest BCUT2D eigenvalue weighted by atomic mass is 19.2. The highest BCUT2D eigenvalue weighted by Gasteiger charge is 2.39. The number of hydrogen-bond acceptors (Lipinski definition) is 4. The lowest BCUT2D eigenvalue weighted by Crippen LogP contribution is -2.61. The molecule has 5 rings (SSSR count). The number of amides is 2. The molecule has 0 aromatic heterocycles. The van der Waals surface area contributed by atoms with Gasteiger partial charge in [0.15, 0.2) is 17.4 Å². The van der Waals surface area contributed by atoms with Crippen LogP contribution in [0.2, 0.25) is 0 Å². The van der Waals surface area contributed by atoms with Crippen molar-refractivity contribution in [3.8, 4) is 5.75 Å². The number of carbonyl (C=O) groups excluding carboxylic acids is 2. The second kappa shape index (κ2) is 13.0. The molecule has 0 aliphatic carbocycles. The lowest BCUT2D eigenvalue weighted by atomic mass is 9.82. The Morgan fingerprint density at radius 3 is 2.47 bits per heavy atom. The van der Waals surface area contributed by atoms with Crippen LogP contribution in [0.4, 0.5) is 13.2 Å². The highest BCUT2D eigenvalue weighted by molar-refractivity contribution is 6.03. The van der Waals surface area contributed by atoms with Crippen LogP contribution in [0.3, 0.4) is 0 Å². The number of halogens is 3. The maximum Gasteiger partial charge on any atom is 0.251 e. The van der Waals surface area contributed by atoms with Crippen LogP contribution in [-0.2, 0) is 22.4 Å². The fourth-order valence-electron chi connectivity index (χ4n) is 5.95. The van der Waals surface area contributed by atoms with E-state index in [0.717, 1.165) is 34.4 Å². The number of ether oxygens (including phenoxy) is 1. The summed E-state index contributed by atoms with van der Waals surface area (Å²) in [6, 6.07) is 18.9. The zero-order chi connectivity index (χ0) is 30.7. The first kappa shape index (κ1) is 30.4. The second-order valence-corrected chi connectivity index (χ2v) is 11.4. The highest BCUT2D eigenvalue weighted by Crippen LogP contribution is 2.35. The third kappa shape index (κ3) is 6.94. The number of likely N-dealkylation sites (N-methyl/N-ethyl adjacent to an activating group) is 1. The zero-order valence-corrected chi connectivity index (χ0v) is 24.6. The maximum atomic E-state index is 14.2. The Hall–Kier alpha value is -4.11. The molecule has 1 unspecified atom stereocenters. The third-order valence-corrected chi connectivity index (χ3v) is 8.13. The summed E-state index contributed by atoms with van der Waals surface area (Å²) in [5.41, 5.74) is 4.42. The van der Waals surface area contributed by atoms with Crippen molar-refractivity contribution >= 4 is 17.4 Å². The summed E-state index contributed by atoms with van der Waals surface area (Å²) < 4.78 is 47.5. The molecule has 0 saturated carbocycles. The molecule has 6 nitrogen and oxygen atoms in total. The van der Waals surface area contributed by atoms with Crippen molar-refractivity contribution in [3.63, 3.8) is 0 Å². The standard InChI is InChI=1S/C34H36F3N3O3/c1-21(43-33-29(36)13-12-28(35)32(33)37)16-24-10-7-11-25(17-24)27-18-26-19-40(22(2)41)20-30(38-26)31(27)34(42)39(3)15-14-23-8-5-4-6-9-23/h4-13,17,21,26,30,38H,14-16,18-20H2,1-3H3/t21?,26-,30-/m1/s1. The summed E-state index contributed by atoms with van der Waals surface area (Å²) in [5, 5.41) is 3.57. The van der Waals surface area contributed by atoms with Crippen molar-refractivity contribution in [2.45, 2.75) is 51.3 Å². The lowest BCUT2D eigenvalue weighted by Gasteiger charge is -2.44. The van der Waals surface area contributed by atoms with Gasteiger partial charge in [-0.25, -0.2) is 8.78 Å². The molecule has 226 valence electrons. The summed E-state index contributed by atoms with van der Waals surface area (Å²) in [6.45, 7) is 4.70. The Morgan fingerprint density at radius 1 is 1.00 bits per heavy atom. The topological polar surface area (TPSA) is 61.9 Å². The molecule has 1 fully saturated rings. The molecule has 9 heteroatoms. The van der Waals surface area contributed by atoms with Gasteiger partial charge in [-0.05, 0) is 54.2 Å². The Labute approximate surface area is 250 Å². The van der Waals surface area contributed by atoms with Crippen molar-refractivity contribution in [1.82, 2.24) is 15.1 Å². The first-order chi connectivity index (χ1) is 20.6. The maximum absolute atomic E-state index is 14.2. The minimum Gasteiger partial charge on any atom is -0.484 e. The quantitative estimate of drug-likeness (QED) is 0.350. The van der Waals surface area contributed by atoms with E-state index >= 15 is 0 Å². The van der Waals surface area contributed by atoms with Crippen LogP contribution in [0.25, 0.3) is 5.57 Å². The summed E-state index contributed by atoms with van der Waals surface area (Å²) in [6.07, 6.45) is 0.923. The van der Waals surface area contributed by atoms with Gasteiger partial charge in [-0.1, -0.05) is 54.6 Å². The Morgan fingerprint density at radius 2 is 1.72 bits per heavy atom. The van der Waals surface area contributed by atoms with Crippen molar-refractivity contribution in [2.75, 3.05) is 26.7 Å². The van der Waals surface area contributed by atoms with Gasteiger partial charge in [0.2, 0.25) is 11.7 Å². The Balaban J connectivity index is 1.42. The Bertz CT molecular complexity index is 1530. The number of nitrogens with zero attached hydrogens (tertiary/aromatic N) is 2. The van der Waals surface area contributed by atoms with Crippen LogP contribution in [-0.4, -0.2) is 66.5 Å². The van der Waals surface area contributed by atoms with Gasteiger partial charge < -0.3 is 19.9 Å². The van der Waals surface area contributed by atoms with Gasteiger partial charge in [0.05, 0.1) is 6.04 Å². The van der Waals surface area contributed by atoms with Gasteiger partial charge in [-0.2, -0.15) is 4.39 Å². The van der Waals surface area contributed by atoms with Crippen molar-refractivity contribution < 1.29 is 27.5 Å². The smallest absolute Gasteiger partial charge is 0.251 e. The van der Waals surface area contributed by atoms with Crippen LogP contribution < -0.4 is 10.1 Å². The number of rotatable bonds is 9. The lowest BCUT2D eigenvalue weighted by molar-refractivity contribution is -0.132.